The summed E-state index contributed by atoms with van der Waals surface area (Å²) in [5, 5.41) is 1.44. The van der Waals surface area contributed by atoms with Crippen LogP contribution >= 0.6 is 11.6 Å². The van der Waals surface area contributed by atoms with E-state index in [9.17, 15) is 4.79 Å². The van der Waals surface area contributed by atoms with E-state index in [-0.39, 0.29) is 18.2 Å². The van der Waals surface area contributed by atoms with Gasteiger partial charge in [0, 0.05) is 42.8 Å². The molecule has 150 valence electrons. The number of nitrogens with zero attached hydrogens (tertiary/aromatic N) is 4. The molecular weight excluding hydrogens is 376 g/mol. The van der Waals surface area contributed by atoms with Crippen molar-refractivity contribution in [1.29, 1.82) is 0 Å². The highest BCUT2D eigenvalue weighted by atomic mass is 35.5. The van der Waals surface area contributed by atoms with Crippen molar-refractivity contribution in [2.75, 3.05) is 11.9 Å². The van der Waals surface area contributed by atoms with E-state index in [2.05, 4.69) is 21.9 Å². The van der Waals surface area contributed by atoms with Crippen molar-refractivity contribution in [2.45, 2.75) is 70.2 Å². The van der Waals surface area contributed by atoms with E-state index < -0.39 is 5.60 Å². The molecule has 1 amide bonds. The molecule has 28 heavy (non-hydrogen) atoms. The average Bonchev–Trinajstić information content (AvgIpc) is 2.89. The summed E-state index contributed by atoms with van der Waals surface area (Å²) in [7, 11) is 2.07. The van der Waals surface area contributed by atoms with Crippen LogP contribution in [0.2, 0.25) is 5.15 Å². The van der Waals surface area contributed by atoms with E-state index in [0.29, 0.717) is 11.2 Å². The van der Waals surface area contributed by atoms with Crippen LogP contribution < -0.4 is 4.90 Å². The van der Waals surface area contributed by atoms with E-state index in [1.54, 1.807) is 12.3 Å². The van der Waals surface area contributed by atoms with Gasteiger partial charge in [0.15, 0.2) is 0 Å². The lowest BCUT2D eigenvalue weighted by molar-refractivity contribution is 0.00598. The van der Waals surface area contributed by atoms with Crippen LogP contribution in [0, 0.1) is 0 Å². The van der Waals surface area contributed by atoms with E-state index >= 15 is 0 Å². The summed E-state index contributed by atoms with van der Waals surface area (Å²) in [6, 6.07) is 6.47. The van der Waals surface area contributed by atoms with Gasteiger partial charge in [0.1, 0.15) is 16.6 Å². The third kappa shape index (κ3) is 3.62. The second-order valence-corrected chi connectivity index (χ2v) is 9.23. The van der Waals surface area contributed by atoms with Crippen molar-refractivity contribution in [2.24, 2.45) is 0 Å². The van der Waals surface area contributed by atoms with Crippen LogP contribution in [-0.2, 0) is 4.74 Å². The Kier molecular flexibility index (Phi) is 4.86. The van der Waals surface area contributed by atoms with Crippen molar-refractivity contribution in [3.05, 3.63) is 29.5 Å². The molecule has 0 aliphatic carbocycles. The second-order valence-electron chi connectivity index (χ2n) is 8.85. The molecule has 2 aliphatic rings. The highest BCUT2D eigenvalue weighted by molar-refractivity contribution is 6.30. The number of anilines is 1. The Labute approximate surface area is 170 Å². The van der Waals surface area contributed by atoms with Crippen LogP contribution in [-0.4, -0.2) is 51.7 Å². The molecule has 0 radical (unpaired) electrons. The summed E-state index contributed by atoms with van der Waals surface area (Å²) in [6.07, 6.45) is 5.45. The lowest BCUT2D eigenvalue weighted by Crippen LogP contribution is -2.53. The Hall–Kier alpha value is -2.08. The molecule has 2 bridgehead atoms. The predicted octanol–water partition coefficient (Wildman–Crippen LogP) is 4.65. The van der Waals surface area contributed by atoms with Gasteiger partial charge in [-0.15, -0.1) is 0 Å². The molecule has 6 nitrogen and oxygen atoms in total. The number of carbonyl (C=O) groups is 1. The number of ether oxygens (including phenoxy) is 1. The zero-order chi connectivity index (χ0) is 20.1. The fraction of sp³-hybridized carbons (Fsp3) is 0.571. The third-order valence-electron chi connectivity index (χ3n) is 5.74. The molecular formula is C21H27ClN4O2. The van der Waals surface area contributed by atoms with Gasteiger partial charge in [-0.25, -0.2) is 9.78 Å². The number of piperidine rings is 1. The first kappa shape index (κ1) is 19.2. The number of rotatable bonds is 2. The zero-order valence-electron chi connectivity index (χ0n) is 16.9. The summed E-state index contributed by atoms with van der Waals surface area (Å²) in [5.41, 5.74) is 0.374. The Morgan fingerprint density at radius 1 is 1.29 bits per heavy atom. The first-order valence-electron chi connectivity index (χ1n) is 9.88. The minimum absolute atomic E-state index is 0.184. The van der Waals surface area contributed by atoms with Gasteiger partial charge in [0.2, 0.25) is 0 Å². The van der Waals surface area contributed by atoms with Crippen LogP contribution in [0.4, 0.5) is 10.6 Å². The molecule has 2 saturated heterocycles. The summed E-state index contributed by atoms with van der Waals surface area (Å²) in [4.78, 5) is 25.9. The number of carbonyl (C=O) groups excluding carboxylic acids is 1. The molecule has 2 atom stereocenters. The van der Waals surface area contributed by atoms with Gasteiger partial charge >= 0.3 is 6.09 Å². The minimum atomic E-state index is -0.471. The normalized spacial score (nSPS) is 24.5. The first-order chi connectivity index (χ1) is 13.2. The number of aromatic nitrogens is 2. The van der Waals surface area contributed by atoms with Crippen molar-refractivity contribution in [3.63, 3.8) is 0 Å². The SMILES string of the molecule is CN(c1nc(Cl)cc2ncccc12)C1CC2CCC(C1)N2C(=O)OC(C)(C)C. The second kappa shape index (κ2) is 7.07. The molecule has 4 heterocycles. The highest BCUT2D eigenvalue weighted by Gasteiger charge is 2.46. The molecule has 2 aliphatic heterocycles. The monoisotopic (exact) mass is 402 g/mol. The topological polar surface area (TPSA) is 58.6 Å². The van der Waals surface area contributed by atoms with Crippen molar-refractivity contribution in [1.82, 2.24) is 14.9 Å². The maximum Gasteiger partial charge on any atom is 0.410 e. The van der Waals surface area contributed by atoms with Crippen molar-refractivity contribution in [3.8, 4) is 0 Å². The highest BCUT2D eigenvalue weighted by Crippen LogP contribution is 2.40. The molecule has 2 unspecified atom stereocenters. The summed E-state index contributed by atoms with van der Waals surface area (Å²) in [6.45, 7) is 5.74. The van der Waals surface area contributed by atoms with Gasteiger partial charge in [0.25, 0.3) is 0 Å². The number of hydrogen-bond donors (Lipinski definition) is 0. The molecule has 7 heteroatoms. The Balaban J connectivity index is 1.56. The maximum absolute atomic E-state index is 12.7. The first-order valence-corrected chi connectivity index (χ1v) is 10.3. The number of amides is 1. The number of pyridine rings is 2. The molecule has 0 saturated carbocycles. The van der Waals surface area contributed by atoms with Gasteiger partial charge in [-0.2, -0.15) is 0 Å². The Morgan fingerprint density at radius 2 is 1.96 bits per heavy atom. The van der Waals surface area contributed by atoms with Crippen LogP contribution in [0.5, 0.6) is 0 Å². The lowest BCUT2D eigenvalue weighted by atomic mass is 9.96. The van der Waals surface area contributed by atoms with Gasteiger partial charge in [-0.05, 0) is 58.6 Å². The smallest absolute Gasteiger partial charge is 0.410 e. The summed E-state index contributed by atoms with van der Waals surface area (Å²) < 4.78 is 5.65. The van der Waals surface area contributed by atoms with Gasteiger partial charge in [0.05, 0.1) is 5.52 Å². The van der Waals surface area contributed by atoms with Crippen LogP contribution in [0.1, 0.15) is 46.5 Å². The van der Waals surface area contributed by atoms with E-state index in [1.165, 1.54) is 0 Å². The van der Waals surface area contributed by atoms with Crippen molar-refractivity contribution < 1.29 is 9.53 Å². The molecule has 0 N–H and O–H groups in total. The zero-order valence-corrected chi connectivity index (χ0v) is 17.6. The molecule has 2 fully saturated rings. The van der Waals surface area contributed by atoms with Crippen molar-refractivity contribution >= 4 is 34.4 Å². The minimum Gasteiger partial charge on any atom is -0.444 e. The molecule has 0 aromatic carbocycles. The van der Waals surface area contributed by atoms with Gasteiger partial charge < -0.3 is 14.5 Å². The maximum atomic E-state index is 12.7. The molecule has 4 rings (SSSR count). The van der Waals surface area contributed by atoms with Crippen LogP contribution in [0.25, 0.3) is 10.9 Å². The van der Waals surface area contributed by atoms with E-state index in [0.717, 1.165) is 42.4 Å². The molecule has 2 aromatic heterocycles. The van der Waals surface area contributed by atoms with Gasteiger partial charge in [-0.3, -0.25) is 4.98 Å². The number of hydrogen-bond acceptors (Lipinski definition) is 5. The van der Waals surface area contributed by atoms with E-state index in [1.807, 2.05) is 37.8 Å². The Morgan fingerprint density at radius 3 is 2.61 bits per heavy atom. The Bertz CT molecular complexity index is 884. The fourth-order valence-electron chi connectivity index (χ4n) is 4.55. The quantitative estimate of drug-likeness (QED) is 0.684. The lowest BCUT2D eigenvalue weighted by Gasteiger charge is -2.42. The van der Waals surface area contributed by atoms with Gasteiger partial charge in [-0.1, -0.05) is 11.6 Å². The van der Waals surface area contributed by atoms with Crippen LogP contribution in [0.3, 0.4) is 0 Å². The number of fused-ring (bicyclic) bond motifs is 3. The number of halogens is 1. The largest absolute Gasteiger partial charge is 0.444 e. The van der Waals surface area contributed by atoms with E-state index in [4.69, 9.17) is 16.3 Å². The summed E-state index contributed by atoms with van der Waals surface area (Å²) in [5.74, 6) is 0.853. The summed E-state index contributed by atoms with van der Waals surface area (Å²) >= 11 is 6.26. The van der Waals surface area contributed by atoms with Crippen LogP contribution in [0.15, 0.2) is 24.4 Å². The predicted molar refractivity (Wildman–Crippen MR) is 111 cm³/mol. The molecule has 0 spiro atoms. The molecule has 2 aromatic rings. The fourth-order valence-corrected chi connectivity index (χ4v) is 4.73. The third-order valence-corrected chi connectivity index (χ3v) is 5.94. The standard InChI is InChI=1S/C21H27ClN4O2/c1-21(2,3)28-20(27)26-13-7-8-14(26)11-15(10-13)25(4)19-16-6-5-9-23-17(16)12-18(22)24-19/h5-6,9,12-15H,7-8,10-11H2,1-4H3. The average molecular weight is 403 g/mol.